The first-order valence-electron chi connectivity index (χ1n) is 9.03. The highest BCUT2D eigenvalue weighted by Crippen LogP contribution is 2.21. The number of nitrogens with one attached hydrogen (secondary N) is 1. The summed E-state index contributed by atoms with van der Waals surface area (Å²) in [6, 6.07) is 18.0. The molecule has 0 aliphatic carbocycles. The number of amides is 1. The van der Waals surface area contributed by atoms with Crippen LogP contribution in [0.4, 0.5) is 0 Å². The zero-order valence-electron chi connectivity index (χ0n) is 14.6. The fraction of sp³-hybridized carbons (Fsp3) is 0.286. The van der Waals surface area contributed by atoms with Crippen molar-refractivity contribution in [2.45, 2.75) is 13.0 Å². The Morgan fingerprint density at radius 3 is 2.69 bits per heavy atom. The molecule has 3 aromatic rings. The SMILES string of the molecule is O=C(c1cc2cc(Cl)ccc2[nH]1)N1CCCN(Cc2ccccc2)CC1. The van der Waals surface area contributed by atoms with Gasteiger partial charge in [-0.05, 0) is 36.2 Å². The van der Waals surface area contributed by atoms with Gasteiger partial charge in [-0.25, -0.2) is 0 Å². The van der Waals surface area contributed by atoms with Crippen LogP contribution in [0.1, 0.15) is 22.5 Å². The molecular formula is C21H22ClN3O. The number of hydrogen-bond acceptors (Lipinski definition) is 2. The van der Waals surface area contributed by atoms with Crippen LogP contribution >= 0.6 is 11.6 Å². The molecule has 1 N–H and O–H groups in total. The van der Waals surface area contributed by atoms with E-state index in [1.807, 2.05) is 35.2 Å². The van der Waals surface area contributed by atoms with E-state index >= 15 is 0 Å². The first-order valence-corrected chi connectivity index (χ1v) is 9.41. The van der Waals surface area contributed by atoms with Gasteiger partial charge in [0.15, 0.2) is 0 Å². The monoisotopic (exact) mass is 367 g/mol. The second-order valence-corrected chi connectivity index (χ2v) is 7.26. The molecule has 0 unspecified atom stereocenters. The van der Waals surface area contributed by atoms with E-state index in [1.54, 1.807) is 0 Å². The maximum atomic E-state index is 12.9. The smallest absolute Gasteiger partial charge is 0.270 e. The molecule has 0 radical (unpaired) electrons. The lowest BCUT2D eigenvalue weighted by Gasteiger charge is -2.21. The Hall–Kier alpha value is -2.30. The van der Waals surface area contributed by atoms with Crippen molar-refractivity contribution < 1.29 is 4.79 Å². The Bertz CT molecular complexity index is 906. The minimum absolute atomic E-state index is 0.0684. The van der Waals surface area contributed by atoms with E-state index in [9.17, 15) is 4.79 Å². The Morgan fingerprint density at radius 1 is 1.00 bits per heavy atom. The molecule has 1 amide bonds. The molecule has 5 heteroatoms. The van der Waals surface area contributed by atoms with Gasteiger partial charge in [-0.3, -0.25) is 9.69 Å². The topological polar surface area (TPSA) is 39.3 Å². The number of rotatable bonds is 3. The van der Waals surface area contributed by atoms with Crippen LogP contribution < -0.4 is 0 Å². The Morgan fingerprint density at radius 2 is 1.85 bits per heavy atom. The molecule has 2 heterocycles. The van der Waals surface area contributed by atoms with Gasteiger partial charge in [-0.15, -0.1) is 0 Å². The summed E-state index contributed by atoms with van der Waals surface area (Å²) in [5.74, 6) is 0.0684. The highest BCUT2D eigenvalue weighted by molar-refractivity contribution is 6.31. The van der Waals surface area contributed by atoms with Gasteiger partial charge in [0.1, 0.15) is 5.69 Å². The average molecular weight is 368 g/mol. The fourth-order valence-corrected chi connectivity index (χ4v) is 3.74. The van der Waals surface area contributed by atoms with E-state index in [1.165, 1.54) is 5.56 Å². The highest BCUT2D eigenvalue weighted by atomic mass is 35.5. The number of carbonyl (C=O) groups is 1. The third kappa shape index (κ3) is 3.76. The van der Waals surface area contributed by atoms with Crippen molar-refractivity contribution in [1.82, 2.24) is 14.8 Å². The fourth-order valence-electron chi connectivity index (χ4n) is 3.56. The lowest BCUT2D eigenvalue weighted by Crippen LogP contribution is -2.35. The Labute approximate surface area is 158 Å². The molecule has 4 rings (SSSR count). The summed E-state index contributed by atoms with van der Waals surface area (Å²) in [6.07, 6.45) is 0.991. The predicted molar refractivity (Wildman–Crippen MR) is 106 cm³/mol. The number of hydrogen-bond donors (Lipinski definition) is 1. The van der Waals surface area contributed by atoms with Crippen LogP contribution in [-0.2, 0) is 6.54 Å². The van der Waals surface area contributed by atoms with Crippen LogP contribution in [0.2, 0.25) is 5.02 Å². The van der Waals surface area contributed by atoms with Crippen LogP contribution in [0, 0.1) is 0 Å². The number of nitrogens with zero attached hydrogens (tertiary/aromatic N) is 2. The van der Waals surface area contributed by atoms with Gasteiger partial charge in [0.25, 0.3) is 5.91 Å². The van der Waals surface area contributed by atoms with Crippen molar-refractivity contribution in [1.29, 1.82) is 0 Å². The molecular weight excluding hydrogens is 346 g/mol. The molecule has 1 aromatic heterocycles. The Balaban J connectivity index is 1.43. The maximum absolute atomic E-state index is 12.9. The van der Waals surface area contributed by atoms with Gasteiger partial charge in [0.2, 0.25) is 0 Å². The number of fused-ring (bicyclic) bond motifs is 1. The molecule has 0 spiro atoms. The summed E-state index contributed by atoms with van der Waals surface area (Å²) in [7, 11) is 0. The third-order valence-corrected chi connectivity index (χ3v) is 5.17. The van der Waals surface area contributed by atoms with E-state index in [4.69, 9.17) is 11.6 Å². The summed E-state index contributed by atoms with van der Waals surface area (Å²) in [5, 5.41) is 1.66. The first-order chi connectivity index (χ1) is 12.7. The van der Waals surface area contributed by atoms with Gasteiger partial charge >= 0.3 is 0 Å². The summed E-state index contributed by atoms with van der Waals surface area (Å²) in [6.45, 7) is 4.39. The standard InChI is InChI=1S/C21H22ClN3O/c22-18-7-8-19-17(13-18)14-20(23-19)21(26)25-10-4-9-24(11-12-25)15-16-5-2-1-3-6-16/h1-3,5-8,13-14,23H,4,9-12,15H2. The maximum Gasteiger partial charge on any atom is 0.270 e. The molecule has 4 nitrogen and oxygen atoms in total. The summed E-state index contributed by atoms with van der Waals surface area (Å²) >= 11 is 6.05. The predicted octanol–water partition coefficient (Wildman–Crippen LogP) is 4.17. The Kier molecular flexibility index (Phi) is 4.96. The second kappa shape index (κ2) is 7.52. The number of aromatic amines is 1. The molecule has 26 heavy (non-hydrogen) atoms. The molecule has 1 saturated heterocycles. The van der Waals surface area contributed by atoms with E-state index < -0.39 is 0 Å². The van der Waals surface area contributed by atoms with Crippen molar-refractivity contribution in [2.24, 2.45) is 0 Å². The van der Waals surface area contributed by atoms with E-state index in [-0.39, 0.29) is 5.91 Å². The molecule has 2 aromatic carbocycles. The van der Waals surface area contributed by atoms with Crippen molar-refractivity contribution in [2.75, 3.05) is 26.2 Å². The zero-order valence-corrected chi connectivity index (χ0v) is 15.4. The number of benzene rings is 2. The molecule has 1 aliphatic rings. The zero-order chi connectivity index (χ0) is 17.9. The highest BCUT2D eigenvalue weighted by Gasteiger charge is 2.21. The van der Waals surface area contributed by atoms with E-state index in [0.29, 0.717) is 10.7 Å². The molecule has 1 aliphatic heterocycles. The van der Waals surface area contributed by atoms with Crippen molar-refractivity contribution in [3.05, 3.63) is 70.9 Å². The quantitative estimate of drug-likeness (QED) is 0.754. The summed E-state index contributed by atoms with van der Waals surface area (Å²) in [4.78, 5) is 20.5. The lowest BCUT2D eigenvalue weighted by molar-refractivity contribution is 0.0756. The van der Waals surface area contributed by atoms with Gasteiger partial charge in [0, 0.05) is 48.6 Å². The van der Waals surface area contributed by atoms with Crippen LogP contribution in [0.25, 0.3) is 10.9 Å². The number of aromatic nitrogens is 1. The van der Waals surface area contributed by atoms with Gasteiger partial charge in [0.05, 0.1) is 0 Å². The van der Waals surface area contributed by atoms with Crippen molar-refractivity contribution >= 4 is 28.4 Å². The van der Waals surface area contributed by atoms with Crippen molar-refractivity contribution in [3.63, 3.8) is 0 Å². The minimum atomic E-state index is 0.0684. The second-order valence-electron chi connectivity index (χ2n) is 6.82. The van der Waals surface area contributed by atoms with Gasteiger partial charge in [-0.2, -0.15) is 0 Å². The first kappa shape index (κ1) is 17.1. The van der Waals surface area contributed by atoms with Crippen LogP contribution in [0.5, 0.6) is 0 Å². The minimum Gasteiger partial charge on any atom is -0.351 e. The normalized spacial score (nSPS) is 16.0. The van der Waals surface area contributed by atoms with Gasteiger partial charge < -0.3 is 9.88 Å². The van der Waals surface area contributed by atoms with Crippen LogP contribution in [0.3, 0.4) is 0 Å². The van der Waals surface area contributed by atoms with E-state index in [2.05, 4.69) is 34.1 Å². The van der Waals surface area contributed by atoms with Crippen molar-refractivity contribution in [3.8, 4) is 0 Å². The molecule has 134 valence electrons. The lowest BCUT2D eigenvalue weighted by atomic mass is 10.2. The summed E-state index contributed by atoms with van der Waals surface area (Å²) < 4.78 is 0. The molecule has 0 atom stereocenters. The summed E-state index contributed by atoms with van der Waals surface area (Å²) in [5.41, 5.74) is 2.90. The molecule has 0 bridgehead atoms. The molecule has 1 fully saturated rings. The molecule has 0 saturated carbocycles. The van der Waals surface area contributed by atoms with Crippen LogP contribution in [0.15, 0.2) is 54.6 Å². The largest absolute Gasteiger partial charge is 0.351 e. The number of H-pyrrole nitrogens is 1. The average Bonchev–Trinajstić information content (AvgIpc) is 2.93. The van der Waals surface area contributed by atoms with Gasteiger partial charge in [-0.1, -0.05) is 41.9 Å². The number of halogens is 1. The number of carbonyl (C=O) groups excluding carboxylic acids is 1. The van der Waals surface area contributed by atoms with Crippen LogP contribution in [-0.4, -0.2) is 46.9 Å². The van der Waals surface area contributed by atoms with E-state index in [0.717, 1.165) is 50.0 Å². The third-order valence-electron chi connectivity index (χ3n) is 4.94.